The highest BCUT2D eigenvalue weighted by atomic mass is 32.2. The molecular formula is C14H21FN2O5S2. The standard InChI is InChI=1S/C14H21FN2O5S2/c1-11-9-13(3-4-14(11)15)24(20,21)16-5-8-23(18,19)17-6-7-22-10-12(17)2/h3-4,9,12,16H,5-8,10H2,1-2H3. The van der Waals surface area contributed by atoms with E-state index in [-0.39, 0.29) is 35.3 Å². The summed E-state index contributed by atoms with van der Waals surface area (Å²) in [4.78, 5) is -0.0986. The summed E-state index contributed by atoms with van der Waals surface area (Å²) in [7, 11) is -7.48. The van der Waals surface area contributed by atoms with Crippen molar-refractivity contribution in [2.75, 3.05) is 32.1 Å². The van der Waals surface area contributed by atoms with E-state index in [9.17, 15) is 21.2 Å². The Balaban J connectivity index is 2.00. The molecule has 136 valence electrons. The molecule has 0 spiro atoms. The quantitative estimate of drug-likeness (QED) is 0.774. The van der Waals surface area contributed by atoms with Crippen LogP contribution in [0.3, 0.4) is 0 Å². The van der Waals surface area contributed by atoms with Gasteiger partial charge in [0.05, 0.1) is 23.9 Å². The van der Waals surface area contributed by atoms with Crippen LogP contribution in [-0.4, -0.2) is 59.2 Å². The first kappa shape index (κ1) is 19.3. The highest BCUT2D eigenvalue weighted by Gasteiger charge is 2.30. The van der Waals surface area contributed by atoms with E-state index in [1.807, 2.05) is 0 Å². The molecule has 1 heterocycles. The summed E-state index contributed by atoms with van der Waals surface area (Å²) in [5, 5.41) is 0. The van der Waals surface area contributed by atoms with Gasteiger partial charge in [-0.3, -0.25) is 0 Å². The molecule has 0 bridgehead atoms. The normalized spacial score (nSPS) is 20.2. The van der Waals surface area contributed by atoms with Gasteiger partial charge < -0.3 is 4.74 Å². The number of benzene rings is 1. The van der Waals surface area contributed by atoms with E-state index in [1.54, 1.807) is 6.92 Å². The monoisotopic (exact) mass is 380 g/mol. The number of rotatable bonds is 6. The van der Waals surface area contributed by atoms with Crippen LogP contribution in [0.1, 0.15) is 12.5 Å². The summed E-state index contributed by atoms with van der Waals surface area (Å²) in [6, 6.07) is 3.13. The van der Waals surface area contributed by atoms with Gasteiger partial charge in [0.25, 0.3) is 0 Å². The fourth-order valence-electron chi connectivity index (χ4n) is 2.42. The van der Waals surface area contributed by atoms with Crippen LogP contribution in [0.2, 0.25) is 0 Å². The van der Waals surface area contributed by atoms with Crippen molar-refractivity contribution in [3.05, 3.63) is 29.6 Å². The molecule has 1 aromatic rings. The highest BCUT2D eigenvalue weighted by molar-refractivity contribution is 7.90. The Bertz CT molecular complexity index is 795. The molecule has 0 radical (unpaired) electrons. The molecule has 24 heavy (non-hydrogen) atoms. The number of nitrogens with one attached hydrogen (secondary N) is 1. The van der Waals surface area contributed by atoms with Crippen molar-refractivity contribution in [1.29, 1.82) is 0 Å². The maximum Gasteiger partial charge on any atom is 0.240 e. The Morgan fingerprint density at radius 2 is 2.04 bits per heavy atom. The largest absolute Gasteiger partial charge is 0.378 e. The smallest absolute Gasteiger partial charge is 0.240 e. The van der Waals surface area contributed by atoms with E-state index in [0.717, 1.165) is 12.1 Å². The molecule has 10 heteroatoms. The lowest BCUT2D eigenvalue weighted by Crippen LogP contribution is -2.49. The van der Waals surface area contributed by atoms with Gasteiger partial charge in [0.15, 0.2) is 0 Å². The summed E-state index contributed by atoms with van der Waals surface area (Å²) in [6.07, 6.45) is 0. The number of hydrogen-bond acceptors (Lipinski definition) is 5. The van der Waals surface area contributed by atoms with Gasteiger partial charge in [-0.25, -0.2) is 25.9 Å². The van der Waals surface area contributed by atoms with Gasteiger partial charge in [-0.15, -0.1) is 0 Å². The molecule has 1 N–H and O–H groups in total. The van der Waals surface area contributed by atoms with E-state index in [1.165, 1.54) is 17.3 Å². The molecule has 1 unspecified atom stereocenters. The van der Waals surface area contributed by atoms with Crippen molar-refractivity contribution in [3.8, 4) is 0 Å². The molecule has 7 nitrogen and oxygen atoms in total. The van der Waals surface area contributed by atoms with E-state index in [4.69, 9.17) is 4.74 Å². The second-order valence-electron chi connectivity index (χ2n) is 5.66. The third-order valence-electron chi connectivity index (χ3n) is 3.76. The average molecular weight is 380 g/mol. The van der Waals surface area contributed by atoms with Gasteiger partial charge >= 0.3 is 0 Å². The lowest BCUT2D eigenvalue weighted by molar-refractivity contribution is 0.0393. The number of morpholine rings is 1. The summed E-state index contributed by atoms with van der Waals surface area (Å²) < 4.78 is 70.9. The maximum atomic E-state index is 13.2. The number of aryl methyl sites for hydroxylation is 1. The van der Waals surface area contributed by atoms with Gasteiger partial charge in [0.1, 0.15) is 5.82 Å². The molecule has 1 fully saturated rings. The molecule has 0 amide bonds. The first-order valence-electron chi connectivity index (χ1n) is 7.46. The topological polar surface area (TPSA) is 92.8 Å². The van der Waals surface area contributed by atoms with E-state index in [2.05, 4.69) is 4.72 Å². The summed E-state index contributed by atoms with van der Waals surface area (Å²) in [6.45, 7) is 3.84. The van der Waals surface area contributed by atoms with Crippen LogP contribution in [0.5, 0.6) is 0 Å². The summed E-state index contributed by atoms with van der Waals surface area (Å²) in [5.74, 6) is -0.852. The van der Waals surface area contributed by atoms with Crippen molar-refractivity contribution in [3.63, 3.8) is 0 Å². The Kier molecular flexibility index (Phi) is 5.97. The van der Waals surface area contributed by atoms with Crippen molar-refractivity contribution < 1.29 is 26.0 Å². The van der Waals surface area contributed by atoms with Crippen LogP contribution in [0.25, 0.3) is 0 Å². The summed E-state index contributed by atoms with van der Waals surface area (Å²) in [5.41, 5.74) is 0.202. The van der Waals surface area contributed by atoms with Crippen molar-refractivity contribution in [1.82, 2.24) is 9.03 Å². The Morgan fingerprint density at radius 3 is 2.67 bits per heavy atom. The van der Waals surface area contributed by atoms with Crippen LogP contribution >= 0.6 is 0 Å². The molecule has 0 aliphatic carbocycles. The second kappa shape index (κ2) is 7.44. The third-order valence-corrected chi connectivity index (χ3v) is 7.19. The van der Waals surface area contributed by atoms with E-state index >= 15 is 0 Å². The van der Waals surface area contributed by atoms with Crippen LogP contribution in [0, 0.1) is 12.7 Å². The lowest BCUT2D eigenvalue weighted by atomic mass is 10.2. The minimum Gasteiger partial charge on any atom is -0.378 e. The molecule has 1 aliphatic heterocycles. The fourth-order valence-corrected chi connectivity index (χ4v) is 5.22. The van der Waals surface area contributed by atoms with Crippen molar-refractivity contribution >= 4 is 20.0 Å². The molecule has 0 aromatic heterocycles. The summed E-state index contributed by atoms with van der Waals surface area (Å²) >= 11 is 0. The first-order chi connectivity index (χ1) is 11.1. The zero-order valence-electron chi connectivity index (χ0n) is 13.5. The van der Waals surface area contributed by atoms with Crippen LogP contribution in [0.4, 0.5) is 4.39 Å². The average Bonchev–Trinajstić information content (AvgIpc) is 2.49. The molecule has 1 saturated heterocycles. The Labute approximate surface area is 141 Å². The van der Waals surface area contributed by atoms with Crippen molar-refractivity contribution in [2.24, 2.45) is 0 Å². The molecule has 1 aromatic carbocycles. The van der Waals surface area contributed by atoms with Gasteiger partial charge in [-0.05, 0) is 37.6 Å². The van der Waals surface area contributed by atoms with Gasteiger partial charge in [-0.1, -0.05) is 0 Å². The van der Waals surface area contributed by atoms with Crippen molar-refractivity contribution in [2.45, 2.75) is 24.8 Å². The highest BCUT2D eigenvalue weighted by Crippen LogP contribution is 2.15. The fraction of sp³-hybridized carbons (Fsp3) is 0.571. The molecule has 1 aliphatic rings. The zero-order chi connectivity index (χ0) is 18.0. The van der Waals surface area contributed by atoms with Gasteiger partial charge in [0, 0.05) is 19.1 Å². The second-order valence-corrected chi connectivity index (χ2v) is 9.47. The van der Waals surface area contributed by atoms with E-state index < -0.39 is 25.9 Å². The number of nitrogens with zero attached hydrogens (tertiary/aromatic N) is 1. The Hall–Kier alpha value is -1.07. The number of ether oxygens (including phenoxy) is 1. The van der Waals surface area contributed by atoms with Crippen LogP contribution in [0.15, 0.2) is 23.1 Å². The lowest BCUT2D eigenvalue weighted by Gasteiger charge is -2.32. The van der Waals surface area contributed by atoms with Crippen LogP contribution in [-0.2, 0) is 24.8 Å². The predicted octanol–water partition coefficient (Wildman–Crippen LogP) is 0.463. The Morgan fingerprint density at radius 1 is 1.33 bits per heavy atom. The van der Waals surface area contributed by atoms with Crippen LogP contribution < -0.4 is 4.72 Å². The van der Waals surface area contributed by atoms with E-state index in [0.29, 0.717) is 13.2 Å². The predicted molar refractivity (Wildman–Crippen MR) is 87.1 cm³/mol. The van der Waals surface area contributed by atoms with Gasteiger partial charge in [0.2, 0.25) is 20.0 Å². The zero-order valence-corrected chi connectivity index (χ0v) is 15.2. The molecule has 2 rings (SSSR count). The first-order valence-corrected chi connectivity index (χ1v) is 10.6. The maximum absolute atomic E-state index is 13.2. The molecule has 0 saturated carbocycles. The minimum atomic E-state index is -3.89. The number of hydrogen-bond donors (Lipinski definition) is 1. The minimum absolute atomic E-state index is 0.0986. The number of sulfonamides is 2. The molecule has 1 atom stereocenters. The third kappa shape index (κ3) is 4.51. The van der Waals surface area contributed by atoms with Gasteiger partial charge in [-0.2, -0.15) is 4.31 Å². The SMILES string of the molecule is Cc1cc(S(=O)(=O)NCCS(=O)(=O)N2CCOCC2C)ccc1F. The molecular weight excluding hydrogens is 359 g/mol. The number of halogens is 1.